The van der Waals surface area contributed by atoms with Crippen LogP contribution in [0.5, 0.6) is 0 Å². The smallest absolute Gasteiger partial charge is 0.339 e. The van der Waals surface area contributed by atoms with Crippen molar-refractivity contribution in [3.05, 3.63) is 42.3 Å². The number of benzene rings is 1. The second kappa shape index (κ2) is 2.63. The Kier molecular flexibility index (Phi) is 1.61. The van der Waals surface area contributed by atoms with Crippen LogP contribution in [0, 0.1) is 6.92 Å². The first-order chi connectivity index (χ1) is 5.83. The van der Waals surface area contributed by atoms with E-state index in [1.807, 2.05) is 18.2 Å². The van der Waals surface area contributed by atoms with Crippen molar-refractivity contribution in [2.75, 3.05) is 0 Å². The minimum absolute atomic E-state index is 0.131. The van der Waals surface area contributed by atoms with Gasteiger partial charge in [-0.1, -0.05) is 18.2 Å². The molecule has 0 aromatic heterocycles. The van der Waals surface area contributed by atoms with Gasteiger partial charge in [0.25, 0.3) is 0 Å². The van der Waals surface area contributed by atoms with Gasteiger partial charge in [-0.05, 0) is 19.4 Å². The Morgan fingerprint density at radius 2 is 2.17 bits per heavy atom. The molecule has 61 valence electrons. The fraction of sp³-hybridized carbons (Fsp3) is 0.200. The monoisotopic (exact) mass is 161 g/mol. The number of esters is 1. The molecule has 1 atom stereocenters. The van der Waals surface area contributed by atoms with Crippen LogP contribution in [-0.4, -0.2) is 5.97 Å². The zero-order valence-corrected chi connectivity index (χ0v) is 6.62. The third kappa shape index (κ3) is 0.916. The standard InChI is InChI=1S/C10H9O2/c1-2-9-7-5-3-4-6-8(7)10(11)12-9/h3-6,9H,1-2H2. The van der Waals surface area contributed by atoms with Crippen LogP contribution in [0.15, 0.2) is 24.3 Å². The van der Waals surface area contributed by atoms with Crippen molar-refractivity contribution >= 4 is 5.97 Å². The summed E-state index contributed by atoms with van der Waals surface area (Å²) in [6, 6.07) is 7.44. The van der Waals surface area contributed by atoms with Gasteiger partial charge in [0.15, 0.2) is 0 Å². The van der Waals surface area contributed by atoms with E-state index < -0.39 is 0 Å². The molecule has 0 aliphatic carbocycles. The van der Waals surface area contributed by atoms with Crippen molar-refractivity contribution in [3.8, 4) is 0 Å². The van der Waals surface area contributed by atoms with Crippen LogP contribution < -0.4 is 0 Å². The highest BCUT2D eigenvalue weighted by Gasteiger charge is 2.28. The lowest BCUT2D eigenvalue weighted by Gasteiger charge is -2.05. The molecule has 1 aromatic rings. The van der Waals surface area contributed by atoms with Crippen LogP contribution in [-0.2, 0) is 4.74 Å². The van der Waals surface area contributed by atoms with Crippen LogP contribution in [0.4, 0.5) is 0 Å². The van der Waals surface area contributed by atoms with Gasteiger partial charge in [0, 0.05) is 5.56 Å². The van der Waals surface area contributed by atoms with Gasteiger partial charge >= 0.3 is 5.97 Å². The molecule has 0 N–H and O–H groups in total. The van der Waals surface area contributed by atoms with Crippen LogP contribution in [0.3, 0.4) is 0 Å². The molecule has 2 rings (SSSR count). The van der Waals surface area contributed by atoms with Crippen LogP contribution in [0.1, 0.15) is 28.4 Å². The summed E-state index contributed by atoms with van der Waals surface area (Å²) in [5.74, 6) is -0.223. The highest BCUT2D eigenvalue weighted by molar-refractivity contribution is 5.93. The van der Waals surface area contributed by atoms with E-state index in [1.54, 1.807) is 6.07 Å². The number of ether oxygens (including phenoxy) is 1. The number of hydrogen-bond donors (Lipinski definition) is 0. The average molecular weight is 161 g/mol. The van der Waals surface area contributed by atoms with Gasteiger partial charge in [-0.25, -0.2) is 4.79 Å². The highest BCUT2D eigenvalue weighted by Crippen LogP contribution is 2.31. The number of carbonyl (C=O) groups excluding carboxylic acids is 1. The predicted molar refractivity (Wildman–Crippen MR) is 44.6 cm³/mol. The van der Waals surface area contributed by atoms with E-state index in [-0.39, 0.29) is 12.1 Å². The van der Waals surface area contributed by atoms with Crippen molar-refractivity contribution < 1.29 is 9.53 Å². The molecule has 1 aliphatic heterocycles. The number of hydrogen-bond acceptors (Lipinski definition) is 2. The molecule has 0 bridgehead atoms. The minimum atomic E-state index is -0.223. The Hall–Kier alpha value is -1.31. The molecule has 1 aliphatic rings. The molecule has 0 fully saturated rings. The first-order valence-corrected chi connectivity index (χ1v) is 3.92. The molecule has 1 aromatic carbocycles. The summed E-state index contributed by atoms with van der Waals surface area (Å²) in [6.45, 7) is 3.72. The molecule has 0 saturated heterocycles. The third-order valence-electron chi connectivity index (χ3n) is 2.04. The lowest BCUT2D eigenvalue weighted by atomic mass is 10.0. The van der Waals surface area contributed by atoms with Crippen LogP contribution in [0.25, 0.3) is 0 Å². The number of carbonyl (C=O) groups is 1. The van der Waals surface area contributed by atoms with Crippen molar-refractivity contribution in [2.24, 2.45) is 0 Å². The Labute approximate surface area is 71.2 Å². The second-order valence-corrected chi connectivity index (χ2v) is 2.77. The molecule has 2 nitrogen and oxygen atoms in total. The summed E-state index contributed by atoms with van der Waals surface area (Å²) in [6.07, 6.45) is 0.469. The summed E-state index contributed by atoms with van der Waals surface area (Å²) in [7, 11) is 0. The summed E-state index contributed by atoms with van der Waals surface area (Å²) < 4.78 is 5.08. The SMILES string of the molecule is [CH2]CC1OC(=O)c2ccccc21. The van der Waals surface area contributed by atoms with Crippen molar-refractivity contribution in [3.63, 3.8) is 0 Å². The zero-order valence-electron chi connectivity index (χ0n) is 6.62. The highest BCUT2D eigenvalue weighted by atomic mass is 16.5. The summed E-state index contributed by atoms with van der Waals surface area (Å²) in [4.78, 5) is 11.2. The second-order valence-electron chi connectivity index (χ2n) is 2.77. The molecule has 0 spiro atoms. The normalized spacial score (nSPS) is 20.4. The molecule has 1 radical (unpaired) electrons. The lowest BCUT2D eigenvalue weighted by Crippen LogP contribution is -1.96. The topological polar surface area (TPSA) is 26.3 Å². The van der Waals surface area contributed by atoms with Crippen LogP contribution >= 0.6 is 0 Å². The maximum absolute atomic E-state index is 11.2. The Balaban J connectivity index is 2.50. The van der Waals surface area contributed by atoms with E-state index in [9.17, 15) is 4.79 Å². The molecular formula is C10H9O2. The van der Waals surface area contributed by atoms with Gasteiger partial charge in [0.2, 0.25) is 0 Å². The van der Waals surface area contributed by atoms with Crippen LogP contribution in [0.2, 0.25) is 0 Å². The van der Waals surface area contributed by atoms with Gasteiger partial charge in [0.1, 0.15) is 6.10 Å². The Bertz CT molecular complexity index is 317. The van der Waals surface area contributed by atoms with Crippen molar-refractivity contribution in [1.29, 1.82) is 0 Å². The molecule has 2 heteroatoms. The molecular weight excluding hydrogens is 152 g/mol. The Morgan fingerprint density at radius 3 is 2.92 bits per heavy atom. The van der Waals surface area contributed by atoms with Crippen molar-refractivity contribution in [2.45, 2.75) is 12.5 Å². The molecule has 1 heterocycles. The van der Waals surface area contributed by atoms with E-state index >= 15 is 0 Å². The summed E-state index contributed by atoms with van der Waals surface area (Å²) in [5.41, 5.74) is 1.66. The maximum Gasteiger partial charge on any atom is 0.339 e. The largest absolute Gasteiger partial charge is 0.454 e. The van der Waals surface area contributed by atoms with Gasteiger partial charge in [-0.2, -0.15) is 0 Å². The number of rotatable bonds is 1. The van der Waals surface area contributed by atoms with E-state index in [1.165, 1.54) is 0 Å². The fourth-order valence-electron chi connectivity index (χ4n) is 1.43. The van der Waals surface area contributed by atoms with E-state index in [0.717, 1.165) is 5.56 Å². The van der Waals surface area contributed by atoms with E-state index in [2.05, 4.69) is 6.92 Å². The predicted octanol–water partition coefficient (Wildman–Crippen LogP) is 2.12. The minimum Gasteiger partial charge on any atom is -0.454 e. The van der Waals surface area contributed by atoms with Gasteiger partial charge in [-0.15, -0.1) is 0 Å². The summed E-state index contributed by atoms with van der Waals surface area (Å²) >= 11 is 0. The quantitative estimate of drug-likeness (QED) is 0.590. The third-order valence-corrected chi connectivity index (χ3v) is 2.04. The fourth-order valence-corrected chi connectivity index (χ4v) is 1.43. The number of fused-ring (bicyclic) bond motifs is 1. The first kappa shape index (κ1) is 7.35. The molecule has 0 saturated carbocycles. The van der Waals surface area contributed by atoms with Gasteiger partial charge in [-0.3, -0.25) is 0 Å². The molecule has 12 heavy (non-hydrogen) atoms. The van der Waals surface area contributed by atoms with E-state index in [4.69, 9.17) is 4.74 Å². The van der Waals surface area contributed by atoms with E-state index in [0.29, 0.717) is 12.0 Å². The maximum atomic E-state index is 11.2. The van der Waals surface area contributed by atoms with Gasteiger partial charge in [0.05, 0.1) is 5.56 Å². The summed E-state index contributed by atoms with van der Waals surface area (Å²) in [5, 5.41) is 0. The average Bonchev–Trinajstić information content (AvgIpc) is 2.44. The molecule has 1 unspecified atom stereocenters. The Morgan fingerprint density at radius 1 is 1.42 bits per heavy atom. The zero-order chi connectivity index (χ0) is 8.55. The van der Waals surface area contributed by atoms with Crippen molar-refractivity contribution in [1.82, 2.24) is 0 Å². The lowest BCUT2D eigenvalue weighted by molar-refractivity contribution is 0.0391. The first-order valence-electron chi connectivity index (χ1n) is 3.92. The molecule has 0 amide bonds. The number of cyclic esters (lactones) is 1. The van der Waals surface area contributed by atoms with Gasteiger partial charge < -0.3 is 4.74 Å².